The summed E-state index contributed by atoms with van der Waals surface area (Å²) in [6.07, 6.45) is 7.52. The molecule has 0 aliphatic heterocycles. The Morgan fingerprint density at radius 2 is 1.94 bits per heavy atom. The Morgan fingerprint density at radius 1 is 1.18 bits per heavy atom. The molecule has 1 aromatic carbocycles. The van der Waals surface area contributed by atoms with Gasteiger partial charge in [-0.15, -0.1) is 0 Å². The minimum absolute atomic E-state index is 0.292. The van der Waals surface area contributed by atoms with Crippen molar-refractivity contribution in [1.29, 1.82) is 0 Å². The van der Waals surface area contributed by atoms with Gasteiger partial charge in [0.1, 0.15) is 5.75 Å². The third-order valence-electron chi connectivity index (χ3n) is 4.73. The van der Waals surface area contributed by atoms with Crippen molar-refractivity contribution >= 4 is 0 Å². The Hall–Kier alpha value is -1.02. The van der Waals surface area contributed by atoms with Crippen molar-refractivity contribution in [3.8, 4) is 5.75 Å². The quantitative estimate of drug-likeness (QED) is 0.867. The lowest BCUT2D eigenvalue weighted by molar-refractivity contribution is 0.251. The van der Waals surface area contributed by atoms with Crippen LogP contribution in [0.15, 0.2) is 12.1 Å². The average Bonchev–Trinajstić information content (AvgIpc) is 2.77. The van der Waals surface area contributed by atoms with Gasteiger partial charge in [0.2, 0.25) is 0 Å². The maximum absolute atomic E-state index is 6.03. The Balaban J connectivity index is 2.10. The van der Waals surface area contributed by atoms with Crippen LogP contribution in [0.2, 0.25) is 0 Å². The lowest BCUT2D eigenvalue weighted by atomic mass is 9.63. The van der Waals surface area contributed by atoms with Crippen LogP contribution < -0.4 is 10.5 Å². The van der Waals surface area contributed by atoms with E-state index in [1.807, 2.05) is 0 Å². The number of hydrogen-bond donors (Lipinski definition) is 1. The van der Waals surface area contributed by atoms with Crippen LogP contribution in [0.25, 0.3) is 0 Å². The molecule has 2 nitrogen and oxygen atoms in total. The summed E-state index contributed by atoms with van der Waals surface area (Å²) in [7, 11) is 1.77. The number of hydrogen-bond acceptors (Lipinski definition) is 2. The second kappa shape index (κ2) is 4.02. The Labute approximate surface area is 103 Å². The van der Waals surface area contributed by atoms with Gasteiger partial charge < -0.3 is 10.5 Å². The van der Waals surface area contributed by atoms with E-state index in [9.17, 15) is 0 Å². The third-order valence-corrected chi connectivity index (χ3v) is 4.73. The van der Waals surface area contributed by atoms with Crippen molar-refractivity contribution in [3.63, 3.8) is 0 Å². The number of methoxy groups -OCH3 is 1. The molecule has 0 atom stereocenters. The van der Waals surface area contributed by atoms with Crippen LogP contribution in [0.4, 0.5) is 0 Å². The van der Waals surface area contributed by atoms with Crippen molar-refractivity contribution in [1.82, 2.24) is 0 Å². The smallest absolute Gasteiger partial charge is 0.122 e. The first-order chi connectivity index (χ1) is 8.30. The molecule has 0 radical (unpaired) electrons. The zero-order chi connectivity index (χ0) is 11.9. The minimum atomic E-state index is 0.292. The fourth-order valence-corrected chi connectivity index (χ4v) is 3.55. The highest BCUT2D eigenvalue weighted by Crippen LogP contribution is 2.47. The fraction of sp³-hybridized carbons (Fsp3) is 0.600. The maximum atomic E-state index is 6.03. The maximum Gasteiger partial charge on any atom is 0.122 e. The summed E-state index contributed by atoms with van der Waals surface area (Å²) < 4.78 is 5.48. The van der Waals surface area contributed by atoms with E-state index in [2.05, 4.69) is 12.1 Å². The van der Waals surface area contributed by atoms with Crippen LogP contribution in [-0.2, 0) is 18.3 Å². The molecule has 2 heteroatoms. The second-order valence-corrected chi connectivity index (χ2v) is 5.46. The lowest BCUT2D eigenvalue weighted by Crippen LogP contribution is -2.42. The first-order valence-corrected chi connectivity index (χ1v) is 6.70. The van der Waals surface area contributed by atoms with E-state index in [0.29, 0.717) is 5.41 Å². The highest BCUT2D eigenvalue weighted by Gasteiger charge is 2.40. The molecule has 0 aromatic heterocycles. The van der Waals surface area contributed by atoms with E-state index >= 15 is 0 Å². The predicted molar refractivity (Wildman–Crippen MR) is 69.6 cm³/mol. The third kappa shape index (κ3) is 1.50. The van der Waals surface area contributed by atoms with Crippen LogP contribution in [0.5, 0.6) is 5.75 Å². The molecule has 0 saturated heterocycles. The van der Waals surface area contributed by atoms with E-state index in [0.717, 1.165) is 12.3 Å². The number of ether oxygens (including phenoxy) is 1. The van der Waals surface area contributed by atoms with Gasteiger partial charge in [-0.05, 0) is 54.9 Å². The first kappa shape index (κ1) is 11.1. The zero-order valence-electron chi connectivity index (χ0n) is 10.6. The normalized spacial score (nSPS) is 20.8. The summed E-state index contributed by atoms with van der Waals surface area (Å²) in [5, 5.41) is 0. The average molecular weight is 231 g/mol. The van der Waals surface area contributed by atoms with Crippen molar-refractivity contribution in [2.75, 3.05) is 13.7 Å². The highest BCUT2D eigenvalue weighted by molar-refractivity contribution is 5.51. The topological polar surface area (TPSA) is 35.2 Å². The summed E-state index contributed by atoms with van der Waals surface area (Å²) in [5.74, 6) is 1.08. The van der Waals surface area contributed by atoms with Crippen LogP contribution >= 0.6 is 0 Å². The molecular weight excluding hydrogens is 210 g/mol. The lowest BCUT2D eigenvalue weighted by Gasteiger charge is -2.43. The molecule has 3 rings (SSSR count). The van der Waals surface area contributed by atoms with Crippen LogP contribution in [0.3, 0.4) is 0 Å². The van der Waals surface area contributed by atoms with Gasteiger partial charge in [0.25, 0.3) is 0 Å². The zero-order valence-corrected chi connectivity index (χ0v) is 10.6. The Kier molecular flexibility index (Phi) is 2.62. The van der Waals surface area contributed by atoms with Gasteiger partial charge in [0, 0.05) is 12.0 Å². The SMILES string of the molecule is COc1ccc(C2(CN)CCC2)c2c1CCC2. The van der Waals surface area contributed by atoms with Crippen molar-refractivity contribution in [2.24, 2.45) is 5.73 Å². The molecule has 1 fully saturated rings. The first-order valence-electron chi connectivity index (χ1n) is 6.70. The molecular formula is C15H21NO. The number of rotatable bonds is 3. The summed E-state index contributed by atoms with van der Waals surface area (Å²) in [6.45, 7) is 0.797. The molecule has 0 heterocycles. The summed E-state index contributed by atoms with van der Waals surface area (Å²) in [4.78, 5) is 0. The summed E-state index contributed by atoms with van der Waals surface area (Å²) in [6, 6.07) is 4.42. The van der Waals surface area contributed by atoms with Crippen LogP contribution in [0.1, 0.15) is 42.4 Å². The molecule has 0 amide bonds. The van der Waals surface area contributed by atoms with Gasteiger partial charge in [-0.3, -0.25) is 0 Å². The monoisotopic (exact) mass is 231 g/mol. The number of nitrogens with two attached hydrogens (primary N) is 1. The Morgan fingerprint density at radius 3 is 2.53 bits per heavy atom. The van der Waals surface area contributed by atoms with Gasteiger partial charge in [0.15, 0.2) is 0 Å². The molecule has 2 aliphatic carbocycles. The van der Waals surface area contributed by atoms with Crippen LogP contribution in [0, 0.1) is 0 Å². The summed E-state index contributed by atoms with van der Waals surface area (Å²) >= 11 is 0. The molecule has 92 valence electrons. The van der Waals surface area contributed by atoms with Gasteiger partial charge in [-0.1, -0.05) is 12.5 Å². The molecule has 1 aromatic rings. The molecule has 2 N–H and O–H groups in total. The standard InChI is InChI=1S/C15H21NO/c1-17-14-7-6-13(11-4-2-5-12(11)14)15(10-16)8-3-9-15/h6-7H,2-5,8-10,16H2,1H3. The summed E-state index contributed by atoms with van der Waals surface area (Å²) in [5.41, 5.74) is 10.9. The van der Waals surface area contributed by atoms with Gasteiger partial charge >= 0.3 is 0 Å². The van der Waals surface area contributed by atoms with Crippen molar-refractivity contribution < 1.29 is 4.74 Å². The Bertz CT molecular complexity index is 429. The molecule has 1 saturated carbocycles. The van der Waals surface area contributed by atoms with E-state index in [-0.39, 0.29) is 0 Å². The number of benzene rings is 1. The second-order valence-electron chi connectivity index (χ2n) is 5.46. The van der Waals surface area contributed by atoms with Crippen molar-refractivity contribution in [2.45, 2.75) is 43.9 Å². The van der Waals surface area contributed by atoms with E-state index in [4.69, 9.17) is 10.5 Å². The molecule has 2 aliphatic rings. The minimum Gasteiger partial charge on any atom is -0.496 e. The van der Waals surface area contributed by atoms with E-state index in [1.54, 1.807) is 12.7 Å². The van der Waals surface area contributed by atoms with Gasteiger partial charge in [0.05, 0.1) is 7.11 Å². The highest BCUT2D eigenvalue weighted by atomic mass is 16.5. The van der Waals surface area contributed by atoms with E-state index < -0.39 is 0 Å². The molecule has 17 heavy (non-hydrogen) atoms. The molecule has 0 spiro atoms. The van der Waals surface area contributed by atoms with Crippen LogP contribution in [-0.4, -0.2) is 13.7 Å². The predicted octanol–water partition coefficient (Wildman–Crippen LogP) is 2.56. The van der Waals surface area contributed by atoms with Gasteiger partial charge in [-0.2, -0.15) is 0 Å². The molecule has 0 bridgehead atoms. The van der Waals surface area contributed by atoms with Crippen molar-refractivity contribution in [3.05, 3.63) is 28.8 Å². The number of fused-ring (bicyclic) bond motifs is 1. The molecule has 0 unspecified atom stereocenters. The fourth-order valence-electron chi connectivity index (χ4n) is 3.55. The van der Waals surface area contributed by atoms with Gasteiger partial charge in [-0.25, -0.2) is 0 Å². The van der Waals surface area contributed by atoms with E-state index in [1.165, 1.54) is 49.7 Å². The largest absolute Gasteiger partial charge is 0.496 e.